The Kier molecular flexibility index (Phi) is 14.3. The van der Waals surface area contributed by atoms with Crippen LogP contribution in [0.1, 0.15) is 183 Å². The molecule has 0 atom stereocenters. The molecule has 8 bridgehead atoms. The second-order valence-corrected chi connectivity index (χ2v) is 15.5. The molecule has 5 heteroatoms. The SMILES string of the molecule is CCCCCCc1c2nc(cc3[nH]c(c(CC)c3CC)c(CCCCI)c3[nH]c(cc4nc1C(CC)=C4CC)c(CC)c3CC)C(CC)=C2CC. The minimum atomic E-state index is 0.980. The van der Waals surface area contributed by atoms with Crippen LogP contribution < -0.4 is 0 Å². The summed E-state index contributed by atoms with van der Waals surface area (Å²) in [5, 5.41) is 0. The Morgan fingerprint density at radius 2 is 0.882 bits per heavy atom. The Balaban J connectivity index is 2.08. The van der Waals surface area contributed by atoms with Gasteiger partial charge < -0.3 is 9.97 Å². The number of H-pyrrole nitrogens is 2. The molecule has 2 aliphatic rings. The summed E-state index contributed by atoms with van der Waals surface area (Å²) in [5.41, 5.74) is 24.2. The maximum absolute atomic E-state index is 5.66. The Labute approximate surface area is 323 Å². The molecule has 3 aromatic rings. The zero-order valence-electron chi connectivity index (χ0n) is 33.4. The zero-order chi connectivity index (χ0) is 36.7. The van der Waals surface area contributed by atoms with Crippen LogP contribution in [0.15, 0.2) is 12.1 Å². The number of allylic oxidation sites excluding steroid dienone is 4. The third kappa shape index (κ3) is 7.71. The van der Waals surface area contributed by atoms with Gasteiger partial charge in [0.25, 0.3) is 0 Å². The molecule has 0 amide bonds. The van der Waals surface area contributed by atoms with Gasteiger partial charge in [-0.1, -0.05) is 104 Å². The lowest BCUT2D eigenvalue weighted by Gasteiger charge is -2.12. The lowest BCUT2D eigenvalue weighted by Crippen LogP contribution is -2.00. The largest absolute Gasteiger partial charge is 0.355 e. The van der Waals surface area contributed by atoms with Gasteiger partial charge in [-0.2, -0.15) is 0 Å². The molecule has 0 unspecified atom stereocenters. The fraction of sp³-hybridized carbons (Fsp3) is 0.565. The normalized spacial score (nSPS) is 13.3. The van der Waals surface area contributed by atoms with Crippen LogP contribution in [0.2, 0.25) is 0 Å². The number of aromatic amines is 2. The quantitative estimate of drug-likeness (QED) is 0.0812. The topological polar surface area (TPSA) is 57.4 Å². The number of nitrogens with one attached hydrogen (secondary N) is 2. The van der Waals surface area contributed by atoms with Crippen LogP contribution >= 0.6 is 22.6 Å². The summed E-state index contributed by atoms with van der Waals surface area (Å²) in [6.07, 6.45) is 17.4. The number of fused-ring (bicyclic) bond motifs is 8. The summed E-state index contributed by atoms with van der Waals surface area (Å²) >= 11 is 2.54. The Morgan fingerprint density at radius 1 is 0.451 bits per heavy atom. The van der Waals surface area contributed by atoms with Crippen LogP contribution in [0.4, 0.5) is 0 Å². The molecule has 0 fully saturated rings. The van der Waals surface area contributed by atoms with Gasteiger partial charge in [0.05, 0.1) is 22.8 Å². The summed E-state index contributed by atoms with van der Waals surface area (Å²) in [4.78, 5) is 19.5. The van der Waals surface area contributed by atoms with Crippen molar-refractivity contribution in [1.29, 1.82) is 0 Å². The van der Waals surface area contributed by atoms with Crippen LogP contribution in [0.25, 0.3) is 44.4 Å². The average molecular weight is 801 g/mol. The van der Waals surface area contributed by atoms with E-state index in [2.05, 4.69) is 107 Å². The van der Waals surface area contributed by atoms with E-state index in [0.29, 0.717) is 0 Å². The van der Waals surface area contributed by atoms with E-state index < -0.39 is 0 Å². The molecular formula is C46H65IN4. The van der Waals surface area contributed by atoms with Gasteiger partial charge in [0.15, 0.2) is 0 Å². The fourth-order valence-electron chi connectivity index (χ4n) is 9.06. The summed E-state index contributed by atoms with van der Waals surface area (Å²) in [6, 6.07) is 4.83. The summed E-state index contributed by atoms with van der Waals surface area (Å²) < 4.78 is 1.19. The Hall–Kier alpha value is -2.67. The molecule has 5 rings (SSSR count). The van der Waals surface area contributed by atoms with E-state index in [1.54, 1.807) is 0 Å². The number of unbranched alkanes of at least 4 members (excludes halogenated alkanes) is 4. The highest BCUT2D eigenvalue weighted by Crippen LogP contribution is 2.42. The van der Waals surface area contributed by atoms with Gasteiger partial charge in [0, 0.05) is 27.6 Å². The summed E-state index contributed by atoms with van der Waals surface area (Å²) in [7, 11) is 0. The number of aryl methyl sites for hydroxylation is 5. The molecule has 0 aliphatic carbocycles. The van der Waals surface area contributed by atoms with Gasteiger partial charge in [0.1, 0.15) is 0 Å². The molecule has 0 aromatic carbocycles. The van der Waals surface area contributed by atoms with E-state index in [0.717, 1.165) is 75.6 Å². The van der Waals surface area contributed by atoms with Gasteiger partial charge >= 0.3 is 0 Å². The van der Waals surface area contributed by atoms with E-state index in [1.165, 1.54) is 132 Å². The first-order valence-electron chi connectivity index (χ1n) is 20.7. The van der Waals surface area contributed by atoms with Crippen molar-refractivity contribution in [3.05, 3.63) is 68.3 Å². The van der Waals surface area contributed by atoms with Crippen molar-refractivity contribution in [2.24, 2.45) is 0 Å². The molecule has 5 heterocycles. The summed E-state index contributed by atoms with van der Waals surface area (Å²) in [5.74, 6) is 0. The molecule has 2 N–H and O–H groups in total. The van der Waals surface area contributed by atoms with E-state index in [1.807, 2.05) is 0 Å². The third-order valence-corrected chi connectivity index (χ3v) is 12.3. The van der Waals surface area contributed by atoms with Crippen molar-refractivity contribution in [2.45, 2.75) is 165 Å². The third-order valence-electron chi connectivity index (χ3n) is 11.5. The molecule has 51 heavy (non-hydrogen) atoms. The van der Waals surface area contributed by atoms with Gasteiger partial charge in [-0.05, 0) is 150 Å². The monoisotopic (exact) mass is 800 g/mol. The summed E-state index contributed by atoms with van der Waals surface area (Å²) in [6.45, 7) is 20.9. The van der Waals surface area contributed by atoms with Crippen LogP contribution in [-0.4, -0.2) is 24.4 Å². The van der Waals surface area contributed by atoms with Crippen molar-refractivity contribution < 1.29 is 0 Å². The first-order valence-corrected chi connectivity index (χ1v) is 22.2. The zero-order valence-corrected chi connectivity index (χ0v) is 35.6. The van der Waals surface area contributed by atoms with E-state index in [9.17, 15) is 0 Å². The smallest absolute Gasteiger partial charge is 0.0726 e. The number of hydrogen-bond donors (Lipinski definition) is 2. The number of halogens is 1. The molecule has 0 radical (unpaired) electrons. The molecular weight excluding hydrogens is 735 g/mol. The molecule has 0 saturated carbocycles. The molecule has 0 spiro atoms. The Bertz CT molecular complexity index is 1810. The number of alkyl halides is 1. The predicted molar refractivity (Wildman–Crippen MR) is 233 cm³/mol. The van der Waals surface area contributed by atoms with Gasteiger partial charge in [-0.15, -0.1) is 0 Å². The lowest BCUT2D eigenvalue weighted by molar-refractivity contribution is 0.664. The van der Waals surface area contributed by atoms with Crippen molar-refractivity contribution in [1.82, 2.24) is 19.9 Å². The molecule has 3 aromatic heterocycles. The van der Waals surface area contributed by atoms with E-state index in [-0.39, 0.29) is 0 Å². The highest BCUT2D eigenvalue weighted by atomic mass is 127. The first kappa shape index (κ1) is 39.5. The Morgan fingerprint density at radius 3 is 1.27 bits per heavy atom. The lowest BCUT2D eigenvalue weighted by atomic mass is 9.91. The van der Waals surface area contributed by atoms with Crippen molar-refractivity contribution >= 4 is 67.0 Å². The molecule has 276 valence electrons. The van der Waals surface area contributed by atoms with E-state index in [4.69, 9.17) is 9.97 Å². The van der Waals surface area contributed by atoms with Crippen LogP contribution in [0, 0.1) is 0 Å². The minimum absolute atomic E-state index is 0.980. The fourth-order valence-corrected chi connectivity index (χ4v) is 9.60. The van der Waals surface area contributed by atoms with Gasteiger partial charge in [-0.25, -0.2) is 9.97 Å². The second kappa shape index (κ2) is 18.4. The predicted octanol–water partition coefficient (Wildman–Crippen LogP) is 13.9. The number of rotatable bonds is 17. The second-order valence-electron chi connectivity index (χ2n) is 14.4. The number of hydrogen-bond acceptors (Lipinski definition) is 2. The van der Waals surface area contributed by atoms with Crippen molar-refractivity contribution in [3.63, 3.8) is 0 Å². The van der Waals surface area contributed by atoms with Crippen LogP contribution in [0.3, 0.4) is 0 Å². The van der Waals surface area contributed by atoms with Gasteiger partial charge in [-0.3, -0.25) is 0 Å². The molecule has 2 aliphatic heterocycles. The maximum Gasteiger partial charge on any atom is 0.0726 e. The van der Waals surface area contributed by atoms with Crippen LogP contribution in [-0.2, 0) is 38.5 Å². The first-order chi connectivity index (χ1) is 24.9. The highest BCUT2D eigenvalue weighted by molar-refractivity contribution is 14.1. The standard InChI is InChI=1S/C46H65IN4/c1-10-19-20-21-24-37-43-33(15-6)29(11-2)39(48-43)27-41-31(13-4)35(17-8)45(50-41)38(25-22-23-26-47)46-36(18-9)32(14-5)42(51-46)28-40-30(12-3)34(16-7)44(37)49-40/h27-28,50-51H,10-26H2,1-9H3. The van der Waals surface area contributed by atoms with Crippen LogP contribution in [0.5, 0.6) is 0 Å². The average Bonchev–Trinajstić information content (AvgIpc) is 3.89. The molecule has 4 nitrogen and oxygen atoms in total. The van der Waals surface area contributed by atoms with Crippen molar-refractivity contribution in [3.8, 4) is 0 Å². The maximum atomic E-state index is 5.66. The van der Waals surface area contributed by atoms with Crippen molar-refractivity contribution in [2.75, 3.05) is 4.43 Å². The minimum Gasteiger partial charge on any atom is -0.355 e. The number of nitrogens with zero attached hydrogens (tertiary/aromatic N) is 2. The van der Waals surface area contributed by atoms with Gasteiger partial charge in [0.2, 0.25) is 0 Å². The highest BCUT2D eigenvalue weighted by Gasteiger charge is 2.27. The van der Waals surface area contributed by atoms with E-state index >= 15 is 0 Å². The number of aromatic nitrogens is 4. The molecule has 0 saturated heterocycles.